The fraction of sp³-hybridized carbons (Fsp3) is 0.143. The van der Waals surface area contributed by atoms with Gasteiger partial charge < -0.3 is 15.6 Å². The first-order valence-electron chi connectivity index (χ1n) is 11.3. The number of aromatic nitrogens is 2. The number of carboxylic acids is 1. The molecule has 0 bridgehead atoms. The molecule has 3 aromatic carbocycles. The van der Waals surface area contributed by atoms with Gasteiger partial charge in [-0.05, 0) is 52.9 Å². The molecule has 1 aromatic heterocycles. The summed E-state index contributed by atoms with van der Waals surface area (Å²) in [5, 5.41) is 7.12. The van der Waals surface area contributed by atoms with Crippen LogP contribution in [-0.4, -0.2) is 40.2 Å². The van der Waals surface area contributed by atoms with Gasteiger partial charge in [-0.25, -0.2) is 19.8 Å². The molecule has 5 rings (SSSR count). The van der Waals surface area contributed by atoms with Crippen LogP contribution in [0, 0.1) is 6.92 Å². The van der Waals surface area contributed by atoms with Crippen LogP contribution < -0.4 is 10.5 Å². The molecule has 38 heavy (non-hydrogen) atoms. The molecule has 1 aliphatic rings. The van der Waals surface area contributed by atoms with E-state index >= 15 is 0 Å². The Labute approximate surface area is 216 Å². The second-order valence-electron chi connectivity index (χ2n) is 8.45. The number of amidine groups is 1. The molecule has 4 aromatic rings. The number of rotatable bonds is 4. The second-order valence-corrected chi connectivity index (χ2v) is 8.45. The zero-order chi connectivity index (χ0) is 27.5. The summed E-state index contributed by atoms with van der Waals surface area (Å²) in [6.45, 7) is 2.04. The van der Waals surface area contributed by atoms with Crippen molar-refractivity contribution < 1.29 is 27.8 Å². The van der Waals surface area contributed by atoms with Crippen LogP contribution in [0.4, 0.5) is 13.2 Å². The molecule has 0 radical (unpaired) electrons. The van der Waals surface area contributed by atoms with Crippen molar-refractivity contribution in [2.45, 2.75) is 18.6 Å². The van der Waals surface area contributed by atoms with Crippen molar-refractivity contribution in [1.82, 2.24) is 9.97 Å². The number of nitrogens with zero attached hydrogens (tertiary/aromatic N) is 3. The fourth-order valence-corrected chi connectivity index (χ4v) is 4.41. The Balaban J connectivity index is 0.000000426. The summed E-state index contributed by atoms with van der Waals surface area (Å²) in [5.41, 5.74) is 12.8. The molecule has 1 aliphatic heterocycles. The lowest BCUT2D eigenvalue weighted by Gasteiger charge is -2.30. The van der Waals surface area contributed by atoms with Crippen molar-refractivity contribution in [2.24, 2.45) is 10.7 Å². The van der Waals surface area contributed by atoms with Gasteiger partial charge in [-0.1, -0.05) is 48.5 Å². The smallest absolute Gasteiger partial charge is 0.490 e. The first-order chi connectivity index (χ1) is 18.1. The number of alkyl halides is 3. The van der Waals surface area contributed by atoms with Gasteiger partial charge in [-0.15, -0.1) is 0 Å². The molecule has 0 amide bonds. The number of benzene rings is 3. The third-order valence-electron chi connectivity index (χ3n) is 6.11. The Hall–Kier alpha value is -4.73. The minimum atomic E-state index is -5.08. The van der Waals surface area contributed by atoms with Gasteiger partial charge >= 0.3 is 12.1 Å². The molecule has 194 valence electrons. The van der Waals surface area contributed by atoms with E-state index in [1.54, 1.807) is 7.11 Å². The van der Waals surface area contributed by atoms with E-state index in [-0.39, 0.29) is 0 Å². The summed E-state index contributed by atoms with van der Waals surface area (Å²) in [4.78, 5) is 22.3. The molecule has 10 heteroatoms. The van der Waals surface area contributed by atoms with Crippen molar-refractivity contribution in [3.63, 3.8) is 0 Å². The summed E-state index contributed by atoms with van der Waals surface area (Å²) in [7, 11) is 1.68. The van der Waals surface area contributed by atoms with Crippen LogP contribution in [0.3, 0.4) is 0 Å². The number of carboxylic acid groups (broad SMARTS) is 1. The molecule has 7 nitrogen and oxygen atoms in total. The summed E-state index contributed by atoms with van der Waals surface area (Å²) in [5.74, 6) is -1.37. The molecule has 3 N–H and O–H groups in total. The number of nitrogens with two attached hydrogens (primary N) is 1. The Kier molecular flexibility index (Phi) is 7.16. The molecule has 1 atom stereocenters. The normalized spacial score (nSPS) is 16.1. The van der Waals surface area contributed by atoms with Crippen molar-refractivity contribution in [3.8, 4) is 16.9 Å². The van der Waals surface area contributed by atoms with Crippen LogP contribution in [-0.2, 0) is 10.3 Å². The maximum atomic E-state index is 10.6. The standard InChI is InChI=1S/C26H22N4O.C2HF3O2/c1-17-12-21(10-11-24(17)31-2)26(23-9-4-3-8-22(23)25(27)30-26)20-7-5-6-18(13-20)19-14-28-16-29-15-19;3-2(4,5)1(6)7/h3-16H,1-2H3,(H2,27,30);(H,6,7). The van der Waals surface area contributed by atoms with Crippen molar-refractivity contribution in [2.75, 3.05) is 7.11 Å². The summed E-state index contributed by atoms with van der Waals surface area (Å²) >= 11 is 0. The fourth-order valence-electron chi connectivity index (χ4n) is 4.41. The minimum absolute atomic E-state index is 0.539. The van der Waals surface area contributed by atoms with E-state index < -0.39 is 17.7 Å². The van der Waals surface area contributed by atoms with Crippen molar-refractivity contribution >= 4 is 11.8 Å². The molecule has 2 heterocycles. The number of aliphatic carboxylic acids is 1. The quantitative estimate of drug-likeness (QED) is 0.387. The van der Waals surface area contributed by atoms with Crippen molar-refractivity contribution in [1.29, 1.82) is 0 Å². The van der Waals surface area contributed by atoms with E-state index in [4.69, 9.17) is 25.4 Å². The zero-order valence-electron chi connectivity index (χ0n) is 20.4. The first-order valence-corrected chi connectivity index (χ1v) is 11.3. The third-order valence-corrected chi connectivity index (χ3v) is 6.11. The molecular weight excluding hydrogens is 497 g/mol. The number of methoxy groups -OCH3 is 1. The van der Waals surface area contributed by atoms with Crippen LogP contribution in [0.5, 0.6) is 5.75 Å². The Bertz CT molecular complexity index is 1510. The van der Waals surface area contributed by atoms with Crippen molar-refractivity contribution in [3.05, 3.63) is 113 Å². The minimum Gasteiger partial charge on any atom is -0.496 e. The highest BCUT2D eigenvalue weighted by Crippen LogP contribution is 2.47. The van der Waals surface area contributed by atoms with E-state index in [9.17, 15) is 13.2 Å². The maximum Gasteiger partial charge on any atom is 0.490 e. The lowest BCUT2D eigenvalue weighted by molar-refractivity contribution is -0.192. The highest BCUT2D eigenvalue weighted by atomic mass is 19.4. The van der Waals surface area contributed by atoms with E-state index in [0.717, 1.165) is 44.7 Å². The van der Waals surface area contributed by atoms with Crippen LogP contribution in [0.2, 0.25) is 0 Å². The van der Waals surface area contributed by atoms with Gasteiger partial charge in [-0.3, -0.25) is 0 Å². The molecule has 0 fully saturated rings. The molecule has 0 aliphatic carbocycles. The maximum absolute atomic E-state index is 10.6. The van der Waals surface area contributed by atoms with E-state index in [2.05, 4.69) is 46.4 Å². The summed E-state index contributed by atoms with van der Waals surface area (Å²) < 4.78 is 37.2. The second kappa shape index (κ2) is 10.3. The molecule has 1 unspecified atom stereocenters. The van der Waals surface area contributed by atoms with Gasteiger partial charge in [0.25, 0.3) is 0 Å². The Morgan fingerprint density at radius 3 is 2.24 bits per heavy atom. The van der Waals surface area contributed by atoms with Crippen LogP contribution in [0.15, 0.2) is 90.4 Å². The lowest BCUT2D eigenvalue weighted by atomic mass is 9.76. The monoisotopic (exact) mass is 520 g/mol. The average molecular weight is 521 g/mol. The Morgan fingerprint density at radius 1 is 0.947 bits per heavy atom. The lowest BCUT2D eigenvalue weighted by Crippen LogP contribution is -2.25. The van der Waals surface area contributed by atoms with Crippen LogP contribution in [0.25, 0.3) is 11.1 Å². The van der Waals surface area contributed by atoms with Gasteiger partial charge in [0.1, 0.15) is 23.5 Å². The highest BCUT2D eigenvalue weighted by Gasteiger charge is 2.43. The van der Waals surface area contributed by atoms with Gasteiger partial charge in [0.05, 0.1) is 7.11 Å². The number of halogens is 3. The number of hydrogen-bond donors (Lipinski definition) is 2. The number of aryl methyl sites for hydroxylation is 1. The largest absolute Gasteiger partial charge is 0.496 e. The SMILES string of the molecule is COc1ccc(C2(c3cccc(-c4cncnc4)c3)N=C(N)c3ccccc32)cc1C.O=C(O)C(F)(F)F. The number of aliphatic imine (C=N–C) groups is 1. The summed E-state index contributed by atoms with van der Waals surface area (Å²) in [6, 6.07) is 22.7. The van der Waals surface area contributed by atoms with Crippen LogP contribution >= 0.6 is 0 Å². The highest BCUT2D eigenvalue weighted by molar-refractivity contribution is 6.03. The van der Waals surface area contributed by atoms with E-state index in [0.29, 0.717) is 5.84 Å². The Morgan fingerprint density at radius 2 is 1.61 bits per heavy atom. The third kappa shape index (κ3) is 4.93. The van der Waals surface area contributed by atoms with E-state index in [1.807, 2.05) is 49.6 Å². The van der Waals surface area contributed by atoms with Gasteiger partial charge in [0.15, 0.2) is 0 Å². The molecule has 0 spiro atoms. The molecule has 0 saturated carbocycles. The predicted molar refractivity (Wildman–Crippen MR) is 136 cm³/mol. The number of ether oxygens (including phenoxy) is 1. The first kappa shape index (κ1) is 26.3. The predicted octanol–water partition coefficient (Wildman–Crippen LogP) is 5.10. The summed E-state index contributed by atoms with van der Waals surface area (Å²) in [6.07, 6.45) is 0.0836. The number of hydrogen-bond acceptors (Lipinski definition) is 6. The molecule has 0 saturated heterocycles. The van der Waals surface area contributed by atoms with Gasteiger partial charge in [0.2, 0.25) is 0 Å². The average Bonchev–Trinajstić information content (AvgIpc) is 3.22. The number of fused-ring (bicyclic) bond motifs is 1. The zero-order valence-corrected chi connectivity index (χ0v) is 20.4. The van der Waals surface area contributed by atoms with E-state index in [1.165, 1.54) is 6.33 Å². The van der Waals surface area contributed by atoms with Gasteiger partial charge in [-0.2, -0.15) is 13.2 Å². The topological polar surface area (TPSA) is 111 Å². The van der Waals surface area contributed by atoms with Gasteiger partial charge in [0, 0.05) is 23.5 Å². The number of carbonyl (C=O) groups is 1. The molecular formula is C28H23F3N4O3. The van der Waals surface area contributed by atoms with Crippen LogP contribution in [0.1, 0.15) is 27.8 Å².